The zero-order chi connectivity index (χ0) is 19.8. The van der Waals surface area contributed by atoms with E-state index in [2.05, 4.69) is 33.9 Å². The molecule has 1 aromatic carbocycles. The van der Waals surface area contributed by atoms with Gasteiger partial charge in [0.2, 0.25) is 6.79 Å². The molecule has 29 heavy (non-hydrogen) atoms. The maximum Gasteiger partial charge on any atom is 0.231 e. The van der Waals surface area contributed by atoms with E-state index in [4.69, 9.17) is 9.47 Å². The lowest BCUT2D eigenvalue weighted by molar-refractivity contribution is 0.174. The van der Waals surface area contributed by atoms with Crippen LogP contribution in [-0.2, 0) is 15.6 Å². The third-order valence-corrected chi connectivity index (χ3v) is 8.03. The van der Waals surface area contributed by atoms with Crippen molar-refractivity contribution < 1.29 is 17.9 Å². The van der Waals surface area contributed by atoms with Crippen molar-refractivity contribution in [3.05, 3.63) is 52.4 Å². The van der Waals surface area contributed by atoms with Crippen molar-refractivity contribution in [1.29, 1.82) is 0 Å². The average Bonchev–Trinajstić information content (AvgIpc) is 3.46. The monoisotopic (exact) mass is 430 g/mol. The predicted octanol–water partition coefficient (Wildman–Crippen LogP) is 3.71. The van der Waals surface area contributed by atoms with Gasteiger partial charge in [0.1, 0.15) is 0 Å². The summed E-state index contributed by atoms with van der Waals surface area (Å²) in [4.78, 5) is 4.42. The van der Waals surface area contributed by atoms with Gasteiger partial charge in [0.05, 0.1) is 11.5 Å². The smallest absolute Gasteiger partial charge is 0.231 e. The van der Waals surface area contributed by atoms with Gasteiger partial charge in [-0.15, -0.1) is 11.3 Å². The fourth-order valence-electron chi connectivity index (χ4n) is 3.96. The lowest BCUT2D eigenvalue weighted by atomic mass is 9.99. The van der Waals surface area contributed by atoms with Crippen LogP contribution in [0.1, 0.15) is 23.3 Å². The van der Waals surface area contributed by atoms with Crippen LogP contribution >= 0.6 is 11.3 Å². The normalized spacial score (nSPS) is 18.9. The lowest BCUT2D eigenvalue weighted by Gasteiger charge is -2.23. The molecule has 0 radical (unpaired) electrons. The molecule has 8 heteroatoms. The Morgan fingerprint density at radius 2 is 2.07 bits per heavy atom. The number of ether oxygens (including phenoxy) is 2. The predicted molar refractivity (Wildman–Crippen MR) is 115 cm³/mol. The molecule has 2 aliphatic heterocycles. The van der Waals surface area contributed by atoms with Crippen LogP contribution in [0, 0.1) is 0 Å². The Morgan fingerprint density at radius 1 is 1.21 bits per heavy atom. The van der Waals surface area contributed by atoms with E-state index in [-0.39, 0.29) is 24.3 Å². The number of thiophene rings is 1. The molecular weight excluding hydrogens is 408 g/mol. The second-order valence-corrected chi connectivity index (χ2v) is 10.6. The van der Waals surface area contributed by atoms with Crippen molar-refractivity contribution in [3.8, 4) is 11.5 Å². The van der Waals surface area contributed by atoms with Gasteiger partial charge in [-0.2, -0.15) is 0 Å². The Labute approximate surface area is 173 Å². The van der Waals surface area contributed by atoms with Crippen molar-refractivity contribution >= 4 is 37.7 Å². The molecule has 3 aromatic rings. The first-order valence-electron chi connectivity index (χ1n) is 9.64. The highest BCUT2D eigenvalue weighted by atomic mass is 32.2. The molecule has 152 valence electrons. The minimum absolute atomic E-state index is 0.0208. The van der Waals surface area contributed by atoms with E-state index < -0.39 is 9.84 Å². The summed E-state index contributed by atoms with van der Waals surface area (Å²) in [6.45, 7) is 0.986. The highest BCUT2D eigenvalue weighted by Gasteiger charge is 2.22. The Hall–Kier alpha value is -2.29. The molecule has 6 nitrogen and oxygen atoms in total. The van der Waals surface area contributed by atoms with Crippen LogP contribution in [0.4, 0.5) is 0 Å². The molecule has 1 atom stereocenters. The minimum atomic E-state index is -3.23. The molecule has 0 amide bonds. The number of hydrogen-bond acceptors (Lipinski definition) is 6. The summed E-state index contributed by atoms with van der Waals surface area (Å²) in [7, 11) is -3.23. The summed E-state index contributed by atoms with van der Waals surface area (Å²) in [5, 5.41) is 6.37. The first kappa shape index (κ1) is 18.7. The number of H-pyrrole nitrogens is 1. The number of aromatic nitrogens is 1. The van der Waals surface area contributed by atoms with Crippen molar-refractivity contribution in [1.82, 2.24) is 10.3 Å². The molecule has 2 N–H and O–H groups in total. The molecule has 0 bridgehead atoms. The Balaban J connectivity index is 1.25. The Bertz CT molecular complexity index is 1160. The van der Waals surface area contributed by atoms with Crippen LogP contribution in [0.3, 0.4) is 0 Å². The van der Waals surface area contributed by atoms with Crippen LogP contribution in [0.5, 0.6) is 11.5 Å². The maximum atomic E-state index is 12.8. The second-order valence-electron chi connectivity index (χ2n) is 7.46. The standard InChI is InChI=1S/C21H22N2O4S2/c24-29(25,7-4-16-8-14(3-5-22-16)21-2-1-6-28-21)12-15-11-23-18-10-20-19(9-17(15)18)26-13-27-20/h1-3,6,9-11,16,22-23H,4-5,7-8,12-13H2. The van der Waals surface area contributed by atoms with Crippen molar-refractivity contribution in [2.75, 3.05) is 19.1 Å². The SMILES string of the molecule is O=S(=O)(CCC1CC(c2cccs2)=CCN1)Cc1c[nH]c2cc3c(cc12)OCO3. The Kier molecular flexibility index (Phi) is 4.85. The van der Waals surface area contributed by atoms with Crippen LogP contribution < -0.4 is 14.8 Å². The van der Waals surface area contributed by atoms with Crippen LogP contribution in [-0.4, -0.2) is 38.5 Å². The summed E-state index contributed by atoms with van der Waals surface area (Å²) >= 11 is 1.73. The number of hydrogen-bond donors (Lipinski definition) is 2. The summed E-state index contributed by atoms with van der Waals surface area (Å²) < 4.78 is 36.5. The van der Waals surface area contributed by atoms with E-state index in [0.29, 0.717) is 17.9 Å². The van der Waals surface area contributed by atoms with Gasteiger partial charge in [-0.25, -0.2) is 8.42 Å². The van der Waals surface area contributed by atoms with Gasteiger partial charge in [-0.3, -0.25) is 0 Å². The molecule has 0 saturated heterocycles. The molecule has 4 heterocycles. The van der Waals surface area contributed by atoms with Crippen LogP contribution in [0.2, 0.25) is 0 Å². The number of sulfone groups is 1. The summed E-state index contributed by atoms with van der Waals surface area (Å²) in [5.41, 5.74) is 2.95. The number of fused-ring (bicyclic) bond motifs is 2. The number of nitrogens with one attached hydrogen (secondary N) is 2. The topological polar surface area (TPSA) is 80.4 Å². The first-order valence-corrected chi connectivity index (χ1v) is 12.3. The van der Waals surface area contributed by atoms with E-state index >= 15 is 0 Å². The number of aromatic amines is 1. The number of benzene rings is 1. The highest BCUT2D eigenvalue weighted by molar-refractivity contribution is 7.90. The average molecular weight is 431 g/mol. The van der Waals surface area contributed by atoms with Crippen LogP contribution in [0.15, 0.2) is 41.9 Å². The summed E-state index contributed by atoms with van der Waals surface area (Å²) in [6, 6.07) is 8.08. The van der Waals surface area contributed by atoms with Gasteiger partial charge in [-0.05, 0) is 41.5 Å². The molecule has 2 aliphatic rings. The summed E-state index contributed by atoms with van der Waals surface area (Å²) in [6.07, 6.45) is 5.45. The second kappa shape index (κ2) is 7.51. The third-order valence-electron chi connectivity index (χ3n) is 5.47. The van der Waals surface area contributed by atoms with Crippen molar-refractivity contribution in [3.63, 3.8) is 0 Å². The number of rotatable bonds is 6. The van der Waals surface area contributed by atoms with Crippen LogP contribution in [0.25, 0.3) is 16.5 Å². The van der Waals surface area contributed by atoms with Gasteiger partial charge >= 0.3 is 0 Å². The molecule has 1 unspecified atom stereocenters. The molecule has 2 aromatic heterocycles. The molecule has 0 fully saturated rings. The van der Waals surface area contributed by atoms with Crippen molar-refractivity contribution in [2.24, 2.45) is 0 Å². The molecule has 0 aliphatic carbocycles. The zero-order valence-corrected chi connectivity index (χ0v) is 17.4. The molecule has 0 spiro atoms. The van der Waals surface area contributed by atoms with Crippen molar-refractivity contribution in [2.45, 2.75) is 24.6 Å². The van der Waals surface area contributed by atoms with Gasteiger partial charge in [0.25, 0.3) is 0 Å². The molecule has 5 rings (SSSR count). The van der Waals surface area contributed by atoms with E-state index in [1.54, 1.807) is 17.5 Å². The first-order chi connectivity index (χ1) is 14.1. The maximum absolute atomic E-state index is 12.8. The zero-order valence-electron chi connectivity index (χ0n) is 15.8. The fraction of sp³-hybridized carbons (Fsp3) is 0.333. The lowest BCUT2D eigenvalue weighted by Crippen LogP contribution is -2.34. The van der Waals surface area contributed by atoms with E-state index in [1.807, 2.05) is 12.1 Å². The Morgan fingerprint density at radius 3 is 2.90 bits per heavy atom. The highest BCUT2D eigenvalue weighted by Crippen LogP contribution is 2.37. The third kappa shape index (κ3) is 3.92. The fourth-order valence-corrected chi connectivity index (χ4v) is 6.24. The quantitative estimate of drug-likeness (QED) is 0.623. The van der Waals surface area contributed by atoms with E-state index in [9.17, 15) is 8.42 Å². The minimum Gasteiger partial charge on any atom is -0.454 e. The summed E-state index contributed by atoms with van der Waals surface area (Å²) in [5.74, 6) is 1.54. The van der Waals surface area contributed by atoms with Gasteiger partial charge < -0.3 is 19.8 Å². The van der Waals surface area contributed by atoms with E-state index in [0.717, 1.165) is 29.4 Å². The molecular formula is C21H22N2O4S2. The largest absolute Gasteiger partial charge is 0.454 e. The molecule has 0 saturated carbocycles. The van der Waals surface area contributed by atoms with Gasteiger partial charge in [0.15, 0.2) is 21.3 Å². The van der Waals surface area contributed by atoms with E-state index in [1.165, 1.54) is 10.5 Å². The van der Waals surface area contributed by atoms with Gasteiger partial charge in [-0.1, -0.05) is 12.1 Å². The van der Waals surface area contributed by atoms with Gasteiger partial charge in [0, 0.05) is 40.6 Å².